The van der Waals surface area contributed by atoms with Crippen molar-refractivity contribution in [3.8, 4) is 0 Å². The molecule has 0 spiro atoms. The van der Waals surface area contributed by atoms with E-state index >= 15 is 0 Å². The molecule has 0 heterocycles. The van der Waals surface area contributed by atoms with Gasteiger partial charge in [0.2, 0.25) is 0 Å². The first-order valence-corrected chi connectivity index (χ1v) is 6.58. The third-order valence-electron chi connectivity index (χ3n) is 2.50. The van der Waals surface area contributed by atoms with Gasteiger partial charge in [-0.1, -0.05) is 12.1 Å². The molecule has 0 aliphatic heterocycles. The quantitative estimate of drug-likeness (QED) is 0.832. The Hall–Kier alpha value is -0.670. The molecule has 0 radical (unpaired) electrons. The van der Waals surface area contributed by atoms with Gasteiger partial charge in [-0.05, 0) is 30.4 Å². The van der Waals surface area contributed by atoms with Gasteiger partial charge in [0.05, 0.1) is 0 Å². The number of rotatable bonds is 5. The molecule has 1 aromatic carbocycles. The summed E-state index contributed by atoms with van der Waals surface area (Å²) in [5.74, 6) is 1.15. The van der Waals surface area contributed by atoms with E-state index in [0.717, 1.165) is 12.3 Å². The Morgan fingerprint density at radius 1 is 1.40 bits per heavy atom. The summed E-state index contributed by atoms with van der Waals surface area (Å²) in [6.45, 7) is 3.79. The number of hydrogen-bond acceptors (Lipinski definition) is 3. The monoisotopic (exact) mass is 224 g/mol. The summed E-state index contributed by atoms with van der Waals surface area (Å²) in [6, 6.07) is 6.46. The number of hydrogen-bond donors (Lipinski definition) is 1. The van der Waals surface area contributed by atoms with Gasteiger partial charge < -0.3 is 10.6 Å². The molecule has 0 aliphatic rings. The van der Waals surface area contributed by atoms with Crippen molar-refractivity contribution in [1.82, 2.24) is 0 Å². The van der Waals surface area contributed by atoms with Crippen LogP contribution in [-0.2, 0) is 6.54 Å². The molecule has 2 N–H and O–H groups in total. The van der Waals surface area contributed by atoms with E-state index < -0.39 is 0 Å². The summed E-state index contributed by atoms with van der Waals surface area (Å²) in [4.78, 5) is 2.28. The second-order valence-electron chi connectivity index (χ2n) is 3.75. The molecule has 0 unspecified atom stereocenters. The minimum absolute atomic E-state index is 0.610. The van der Waals surface area contributed by atoms with Crippen molar-refractivity contribution in [3.63, 3.8) is 0 Å². The normalized spacial score (nSPS) is 10.4. The predicted molar refractivity (Wildman–Crippen MR) is 70.7 cm³/mol. The van der Waals surface area contributed by atoms with Crippen molar-refractivity contribution >= 4 is 17.4 Å². The zero-order valence-corrected chi connectivity index (χ0v) is 10.6. The van der Waals surface area contributed by atoms with Crippen molar-refractivity contribution in [2.45, 2.75) is 13.5 Å². The van der Waals surface area contributed by atoms with E-state index in [1.54, 1.807) is 0 Å². The Morgan fingerprint density at radius 3 is 2.73 bits per heavy atom. The van der Waals surface area contributed by atoms with Crippen molar-refractivity contribution in [2.75, 3.05) is 30.5 Å². The third-order valence-corrected chi connectivity index (χ3v) is 3.09. The van der Waals surface area contributed by atoms with Gasteiger partial charge in [-0.25, -0.2) is 0 Å². The van der Waals surface area contributed by atoms with Crippen LogP contribution in [0.15, 0.2) is 18.2 Å². The summed E-state index contributed by atoms with van der Waals surface area (Å²) in [7, 11) is 2.13. The number of anilines is 1. The van der Waals surface area contributed by atoms with Crippen LogP contribution in [0.5, 0.6) is 0 Å². The molecule has 1 aromatic rings. The van der Waals surface area contributed by atoms with Gasteiger partial charge >= 0.3 is 0 Å². The van der Waals surface area contributed by atoms with E-state index in [2.05, 4.69) is 43.3 Å². The van der Waals surface area contributed by atoms with Crippen LogP contribution < -0.4 is 10.6 Å². The van der Waals surface area contributed by atoms with Crippen molar-refractivity contribution in [3.05, 3.63) is 29.3 Å². The highest BCUT2D eigenvalue weighted by Crippen LogP contribution is 2.20. The van der Waals surface area contributed by atoms with Gasteiger partial charge in [0.15, 0.2) is 0 Å². The zero-order valence-electron chi connectivity index (χ0n) is 9.79. The van der Waals surface area contributed by atoms with E-state index in [1.165, 1.54) is 16.8 Å². The number of benzene rings is 1. The van der Waals surface area contributed by atoms with E-state index in [4.69, 9.17) is 5.73 Å². The maximum Gasteiger partial charge on any atom is 0.0412 e. The average Bonchev–Trinajstić information content (AvgIpc) is 2.25. The van der Waals surface area contributed by atoms with Gasteiger partial charge in [-0.15, -0.1) is 0 Å². The van der Waals surface area contributed by atoms with Crippen LogP contribution in [0.4, 0.5) is 5.69 Å². The Kier molecular flexibility index (Phi) is 4.99. The number of nitrogens with two attached hydrogens (primary N) is 1. The molecule has 0 aliphatic carbocycles. The van der Waals surface area contributed by atoms with E-state index in [1.807, 2.05) is 11.8 Å². The lowest BCUT2D eigenvalue weighted by molar-refractivity contribution is 0.946. The molecule has 0 saturated carbocycles. The minimum atomic E-state index is 0.610. The second kappa shape index (κ2) is 6.03. The summed E-state index contributed by atoms with van der Waals surface area (Å²) >= 11 is 1.87. The van der Waals surface area contributed by atoms with Crippen molar-refractivity contribution in [1.29, 1.82) is 0 Å². The number of nitrogens with zero attached hydrogens (tertiary/aromatic N) is 1. The number of aryl methyl sites for hydroxylation is 1. The van der Waals surface area contributed by atoms with Gasteiger partial charge in [0.25, 0.3) is 0 Å². The van der Waals surface area contributed by atoms with E-state index in [9.17, 15) is 0 Å². The SMILES string of the molecule is CSCCN(C)c1cc(C)ccc1CN. The van der Waals surface area contributed by atoms with Crippen LogP contribution in [-0.4, -0.2) is 25.6 Å². The highest BCUT2D eigenvalue weighted by Gasteiger charge is 2.05. The minimum Gasteiger partial charge on any atom is -0.374 e. The first-order chi connectivity index (χ1) is 7.19. The van der Waals surface area contributed by atoms with E-state index in [0.29, 0.717) is 6.54 Å². The van der Waals surface area contributed by atoms with Gasteiger partial charge in [-0.2, -0.15) is 11.8 Å². The lowest BCUT2D eigenvalue weighted by Gasteiger charge is -2.22. The Balaban J connectivity index is 2.85. The van der Waals surface area contributed by atoms with Gasteiger partial charge in [0, 0.05) is 31.6 Å². The largest absolute Gasteiger partial charge is 0.374 e. The lowest BCUT2D eigenvalue weighted by Crippen LogP contribution is -2.22. The smallest absolute Gasteiger partial charge is 0.0412 e. The van der Waals surface area contributed by atoms with Crippen LogP contribution in [0.1, 0.15) is 11.1 Å². The molecule has 0 fully saturated rings. The fourth-order valence-electron chi connectivity index (χ4n) is 1.55. The molecule has 1 rings (SSSR count). The fourth-order valence-corrected chi connectivity index (χ4v) is 2.01. The highest BCUT2D eigenvalue weighted by molar-refractivity contribution is 7.98. The lowest BCUT2D eigenvalue weighted by atomic mass is 10.1. The van der Waals surface area contributed by atoms with E-state index in [-0.39, 0.29) is 0 Å². The molecular formula is C12H20N2S. The summed E-state index contributed by atoms with van der Waals surface area (Å²) < 4.78 is 0. The highest BCUT2D eigenvalue weighted by atomic mass is 32.2. The summed E-state index contributed by atoms with van der Waals surface area (Å²) in [5.41, 5.74) is 9.52. The molecule has 0 amide bonds. The van der Waals surface area contributed by atoms with Crippen molar-refractivity contribution in [2.24, 2.45) is 5.73 Å². The molecule has 3 heteroatoms. The maximum absolute atomic E-state index is 5.74. The predicted octanol–water partition coefficient (Wildman–Crippen LogP) is 2.25. The van der Waals surface area contributed by atoms with Gasteiger partial charge in [0.1, 0.15) is 0 Å². The van der Waals surface area contributed by atoms with Crippen LogP contribution in [0.25, 0.3) is 0 Å². The van der Waals surface area contributed by atoms with Crippen LogP contribution in [0.3, 0.4) is 0 Å². The molecule has 84 valence electrons. The Bertz CT molecular complexity index is 312. The molecular weight excluding hydrogens is 204 g/mol. The molecule has 0 saturated heterocycles. The fraction of sp³-hybridized carbons (Fsp3) is 0.500. The van der Waals surface area contributed by atoms with Crippen LogP contribution >= 0.6 is 11.8 Å². The topological polar surface area (TPSA) is 29.3 Å². The third kappa shape index (κ3) is 3.43. The van der Waals surface area contributed by atoms with Crippen molar-refractivity contribution < 1.29 is 0 Å². The summed E-state index contributed by atoms with van der Waals surface area (Å²) in [5, 5.41) is 0. The summed E-state index contributed by atoms with van der Waals surface area (Å²) in [6.07, 6.45) is 2.13. The Labute approximate surface area is 96.8 Å². The standard InChI is InChI=1S/C12H20N2S/c1-10-4-5-11(9-13)12(8-10)14(2)6-7-15-3/h4-5,8H,6-7,9,13H2,1-3H3. The first kappa shape index (κ1) is 12.4. The molecule has 0 bridgehead atoms. The van der Waals surface area contributed by atoms with Crippen LogP contribution in [0.2, 0.25) is 0 Å². The average molecular weight is 224 g/mol. The molecule has 2 nitrogen and oxygen atoms in total. The zero-order chi connectivity index (χ0) is 11.3. The Morgan fingerprint density at radius 2 is 2.13 bits per heavy atom. The second-order valence-corrected chi connectivity index (χ2v) is 4.74. The van der Waals surface area contributed by atoms with Crippen LogP contribution in [0, 0.1) is 6.92 Å². The first-order valence-electron chi connectivity index (χ1n) is 5.18. The number of thioether (sulfide) groups is 1. The molecule has 0 atom stereocenters. The molecule has 0 aromatic heterocycles. The maximum atomic E-state index is 5.74. The molecule has 15 heavy (non-hydrogen) atoms. The van der Waals surface area contributed by atoms with Gasteiger partial charge in [-0.3, -0.25) is 0 Å².